The van der Waals surface area contributed by atoms with E-state index in [1.807, 2.05) is 0 Å². The fraction of sp³-hybridized carbons (Fsp3) is 0.409. The standard InChI is InChI=1S/C22H23F2N3O5/c1-3-26-16-10-32-7-6-15(16)27-9-13(19(28)20(29)18(27)22(26)31)21(30)25-8-12-4-5-14(23)11(2)17(12)24/h4-5,9,15-16,29H,3,6-8,10H2,1-2H3,(H,25,30)/t15-,16-/m1/s1. The Hall–Kier alpha value is -3.27. The molecule has 0 spiro atoms. The van der Waals surface area contributed by atoms with Crippen LogP contribution in [0.1, 0.15) is 51.4 Å². The molecule has 2 amide bonds. The molecular weight excluding hydrogens is 424 g/mol. The van der Waals surface area contributed by atoms with Gasteiger partial charge in [0.2, 0.25) is 5.43 Å². The molecule has 3 heterocycles. The van der Waals surface area contributed by atoms with Gasteiger partial charge in [-0.05, 0) is 26.3 Å². The largest absolute Gasteiger partial charge is 0.503 e. The fourth-order valence-electron chi connectivity index (χ4n) is 4.38. The first kappa shape index (κ1) is 21.9. The van der Waals surface area contributed by atoms with Crippen molar-refractivity contribution in [2.24, 2.45) is 0 Å². The molecule has 2 aliphatic rings. The van der Waals surface area contributed by atoms with Gasteiger partial charge in [0.05, 0.1) is 18.7 Å². The second-order valence-corrected chi connectivity index (χ2v) is 7.89. The Morgan fingerprint density at radius 3 is 2.75 bits per heavy atom. The number of aromatic hydroxyl groups is 1. The van der Waals surface area contributed by atoms with Crippen LogP contribution in [0.15, 0.2) is 23.1 Å². The van der Waals surface area contributed by atoms with Gasteiger partial charge in [-0.25, -0.2) is 8.78 Å². The minimum atomic E-state index is -0.987. The predicted octanol–water partition coefficient (Wildman–Crippen LogP) is 1.88. The number of ether oxygens (including phenoxy) is 1. The third-order valence-corrected chi connectivity index (χ3v) is 6.15. The normalized spacial score (nSPS) is 20.0. The van der Waals surface area contributed by atoms with E-state index in [4.69, 9.17) is 4.74 Å². The van der Waals surface area contributed by atoms with Gasteiger partial charge in [0.15, 0.2) is 11.4 Å². The molecule has 0 radical (unpaired) electrons. The van der Waals surface area contributed by atoms with E-state index in [0.717, 1.165) is 6.07 Å². The van der Waals surface area contributed by atoms with Crippen molar-refractivity contribution in [3.63, 3.8) is 0 Å². The Bertz CT molecular complexity index is 1160. The molecule has 0 bridgehead atoms. The maximum absolute atomic E-state index is 14.2. The predicted molar refractivity (Wildman–Crippen MR) is 110 cm³/mol. The van der Waals surface area contributed by atoms with Crippen LogP contribution in [-0.2, 0) is 11.3 Å². The molecule has 0 unspecified atom stereocenters. The third-order valence-electron chi connectivity index (χ3n) is 6.15. The summed E-state index contributed by atoms with van der Waals surface area (Å²) < 4.78 is 34.7. The van der Waals surface area contributed by atoms with Crippen molar-refractivity contribution >= 4 is 11.8 Å². The van der Waals surface area contributed by atoms with Crippen LogP contribution in [0.3, 0.4) is 0 Å². The van der Waals surface area contributed by atoms with Crippen LogP contribution in [-0.4, -0.2) is 52.2 Å². The van der Waals surface area contributed by atoms with Crippen molar-refractivity contribution < 1.29 is 28.2 Å². The molecule has 170 valence electrons. The van der Waals surface area contributed by atoms with E-state index in [2.05, 4.69) is 5.32 Å². The molecule has 1 fully saturated rings. The molecule has 0 saturated carbocycles. The SMILES string of the molecule is CCN1C(=O)c2c(O)c(=O)c(C(=O)NCc3ccc(F)c(C)c3F)cn2[C@@H]2CCOC[C@H]21. The monoisotopic (exact) mass is 447 g/mol. The Kier molecular flexibility index (Phi) is 5.72. The first-order valence-electron chi connectivity index (χ1n) is 10.3. The van der Waals surface area contributed by atoms with Gasteiger partial charge in [-0.1, -0.05) is 6.07 Å². The second kappa shape index (κ2) is 8.34. The lowest BCUT2D eigenvalue weighted by atomic mass is 9.96. The quantitative estimate of drug-likeness (QED) is 0.746. The van der Waals surface area contributed by atoms with Crippen LogP contribution in [0.25, 0.3) is 0 Å². The number of fused-ring (bicyclic) bond motifs is 3. The van der Waals surface area contributed by atoms with Crippen molar-refractivity contribution in [3.8, 4) is 5.75 Å². The molecule has 2 aromatic rings. The number of rotatable bonds is 4. The lowest BCUT2D eigenvalue weighted by molar-refractivity contribution is -0.0176. The summed E-state index contributed by atoms with van der Waals surface area (Å²) in [5.41, 5.74) is -1.63. The van der Waals surface area contributed by atoms with Gasteiger partial charge < -0.3 is 24.6 Å². The zero-order valence-corrected chi connectivity index (χ0v) is 17.7. The lowest BCUT2D eigenvalue weighted by Crippen LogP contribution is -2.55. The number of halogens is 2. The van der Waals surface area contributed by atoms with Gasteiger partial charge in [-0.3, -0.25) is 14.4 Å². The van der Waals surface area contributed by atoms with E-state index in [-0.39, 0.29) is 41.0 Å². The molecule has 1 saturated heterocycles. The highest BCUT2D eigenvalue weighted by Crippen LogP contribution is 2.35. The number of pyridine rings is 1. The Morgan fingerprint density at radius 1 is 1.28 bits per heavy atom. The molecule has 2 atom stereocenters. The summed E-state index contributed by atoms with van der Waals surface area (Å²) in [4.78, 5) is 40.0. The first-order chi connectivity index (χ1) is 15.3. The molecule has 2 aliphatic heterocycles. The number of aromatic nitrogens is 1. The number of hydrogen-bond donors (Lipinski definition) is 2. The number of benzene rings is 1. The molecule has 0 aliphatic carbocycles. The number of carbonyl (C=O) groups is 2. The highest BCUT2D eigenvalue weighted by atomic mass is 19.1. The van der Waals surface area contributed by atoms with E-state index in [0.29, 0.717) is 26.2 Å². The molecule has 32 heavy (non-hydrogen) atoms. The number of likely N-dealkylation sites (N-methyl/N-ethyl adjacent to an activating group) is 1. The number of amides is 2. The minimum absolute atomic E-state index is 0.0535. The summed E-state index contributed by atoms with van der Waals surface area (Å²) in [6.07, 6.45) is 1.80. The highest BCUT2D eigenvalue weighted by Gasteiger charge is 2.43. The van der Waals surface area contributed by atoms with Gasteiger partial charge in [-0.15, -0.1) is 0 Å². The van der Waals surface area contributed by atoms with Crippen LogP contribution < -0.4 is 10.7 Å². The Morgan fingerprint density at radius 2 is 2.03 bits per heavy atom. The summed E-state index contributed by atoms with van der Waals surface area (Å²) >= 11 is 0. The minimum Gasteiger partial charge on any atom is -0.503 e. The third kappa shape index (κ3) is 3.44. The van der Waals surface area contributed by atoms with E-state index in [1.54, 1.807) is 11.8 Å². The highest BCUT2D eigenvalue weighted by molar-refractivity contribution is 5.99. The summed E-state index contributed by atoms with van der Waals surface area (Å²) in [7, 11) is 0. The number of hydrogen-bond acceptors (Lipinski definition) is 5. The molecule has 2 N–H and O–H groups in total. The smallest absolute Gasteiger partial charge is 0.274 e. The van der Waals surface area contributed by atoms with Gasteiger partial charge in [0.1, 0.15) is 17.2 Å². The van der Waals surface area contributed by atoms with Gasteiger partial charge in [-0.2, -0.15) is 0 Å². The summed E-state index contributed by atoms with van der Waals surface area (Å²) in [5, 5.41) is 13.0. The van der Waals surface area contributed by atoms with E-state index >= 15 is 0 Å². The molecular formula is C22H23F2N3O5. The summed E-state index contributed by atoms with van der Waals surface area (Å²) in [5.74, 6) is -3.63. The van der Waals surface area contributed by atoms with E-state index in [1.165, 1.54) is 23.8 Å². The van der Waals surface area contributed by atoms with Crippen LogP contribution >= 0.6 is 0 Å². The number of nitrogens with zero attached hydrogens (tertiary/aromatic N) is 2. The molecule has 4 rings (SSSR count). The van der Waals surface area contributed by atoms with Crippen molar-refractivity contribution in [2.45, 2.75) is 38.9 Å². The number of nitrogens with one attached hydrogen (secondary N) is 1. The van der Waals surface area contributed by atoms with Crippen molar-refractivity contribution in [2.75, 3.05) is 19.8 Å². The van der Waals surface area contributed by atoms with E-state index < -0.39 is 34.6 Å². The van der Waals surface area contributed by atoms with Gasteiger partial charge in [0.25, 0.3) is 11.8 Å². The molecule has 1 aromatic heterocycles. The van der Waals surface area contributed by atoms with Crippen LogP contribution in [0, 0.1) is 18.6 Å². The second-order valence-electron chi connectivity index (χ2n) is 7.89. The van der Waals surface area contributed by atoms with Crippen LogP contribution in [0.5, 0.6) is 5.75 Å². The topological polar surface area (TPSA) is 101 Å². The van der Waals surface area contributed by atoms with Crippen LogP contribution in [0.4, 0.5) is 8.78 Å². The van der Waals surface area contributed by atoms with Gasteiger partial charge in [0, 0.05) is 37.0 Å². The van der Waals surface area contributed by atoms with Crippen LogP contribution in [0.2, 0.25) is 0 Å². The Balaban J connectivity index is 1.69. The zero-order valence-electron chi connectivity index (χ0n) is 17.7. The van der Waals surface area contributed by atoms with Crippen molar-refractivity contribution in [1.82, 2.24) is 14.8 Å². The fourth-order valence-corrected chi connectivity index (χ4v) is 4.38. The summed E-state index contributed by atoms with van der Waals surface area (Å²) in [6.45, 7) is 3.92. The number of carbonyl (C=O) groups excluding carboxylic acids is 2. The maximum Gasteiger partial charge on any atom is 0.274 e. The average molecular weight is 447 g/mol. The maximum atomic E-state index is 14.2. The molecule has 10 heteroatoms. The lowest BCUT2D eigenvalue weighted by Gasteiger charge is -2.45. The van der Waals surface area contributed by atoms with Crippen molar-refractivity contribution in [1.29, 1.82) is 0 Å². The first-order valence-corrected chi connectivity index (χ1v) is 10.3. The van der Waals surface area contributed by atoms with E-state index in [9.17, 15) is 28.3 Å². The average Bonchev–Trinajstić information content (AvgIpc) is 2.79. The van der Waals surface area contributed by atoms with Gasteiger partial charge >= 0.3 is 0 Å². The Labute approximate surface area is 182 Å². The zero-order chi connectivity index (χ0) is 23.2. The molecule has 1 aromatic carbocycles. The van der Waals surface area contributed by atoms with Crippen molar-refractivity contribution in [3.05, 3.63) is 62.6 Å². The summed E-state index contributed by atoms with van der Waals surface area (Å²) in [6, 6.07) is 1.74. The molecule has 8 nitrogen and oxygen atoms in total.